The average Bonchev–Trinajstić information content (AvgIpc) is 3.19. The average molecular weight is 369 g/mol. The molecule has 0 saturated carbocycles. The van der Waals surface area contributed by atoms with E-state index in [2.05, 4.69) is 9.97 Å². The molecule has 0 fully saturated rings. The zero-order valence-electron chi connectivity index (χ0n) is 12.9. The van der Waals surface area contributed by atoms with Crippen molar-refractivity contribution in [2.45, 2.75) is 17.9 Å². The van der Waals surface area contributed by atoms with Crippen molar-refractivity contribution in [3.05, 3.63) is 48.4 Å². The maximum absolute atomic E-state index is 12.7. The van der Waals surface area contributed by atoms with Gasteiger partial charge in [-0.1, -0.05) is 23.9 Å². The molecule has 0 atom stereocenters. The number of aromatic amines is 1. The Morgan fingerprint density at radius 1 is 1.24 bits per heavy atom. The monoisotopic (exact) mass is 369 g/mol. The summed E-state index contributed by atoms with van der Waals surface area (Å²) in [5.74, 6) is -0.498. The van der Waals surface area contributed by atoms with Gasteiger partial charge in [-0.3, -0.25) is 4.79 Å². The number of amides is 1. The normalized spacial score (nSPS) is 11.8. The second-order valence-electron chi connectivity index (χ2n) is 5.29. The van der Waals surface area contributed by atoms with E-state index in [1.807, 2.05) is 24.3 Å². The predicted octanol–water partition coefficient (Wildman–Crippen LogP) is 3.84. The molecule has 0 radical (unpaired) electrons. The Kier molecular flexibility index (Phi) is 5.03. The fourth-order valence-corrected chi connectivity index (χ4v) is 3.05. The lowest BCUT2D eigenvalue weighted by atomic mass is 10.3. The number of nitrogens with zero attached hydrogens (tertiary/aromatic N) is 2. The number of hydrogen-bond donors (Lipinski definition) is 1. The fraction of sp³-hybridized carbons (Fsp3) is 0.250. The molecule has 1 N–H and O–H groups in total. The number of thioether (sulfide) groups is 1. The largest absolute Gasteiger partial charge is 0.467 e. The van der Waals surface area contributed by atoms with Crippen molar-refractivity contribution in [1.29, 1.82) is 0 Å². The molecule has 0 spiro atoms. The van der Waals surface area contributed by atoms with Gasteiger partial charge in [0.05, 0.1) is 29.6 Å². The van der Waals surface area contributed by atoms with E-state index in [1.54, 1.807) is 6.07 Å². The Labute approximate surface area is 145 Å². The molecule has 5 nitrogen and oxygen atoms in total. The third-order valence-corrected chi connectivity index (χ3v) is 4.21. The topological polar surface area (TPSA) is 62.1 Å². The van der Waals surface area contributed by atoms with Crippen LogP contribution in [0, 0.1) is 0 Å². The van der Waals surface area contributed by atoms with E-state index in [0.717, 1.165) is 27.7 Å². The SMILES string of the molecule is O=C(CSc1nc2ccccc2[nH]1)N(Cc1ccco1)CC(F)(F)F. The molecule has 3 rings (SSSR count). The highest BCUT2D eigenvalue weighted by Gasteiger charge is 2.33. The number of benzene rings is 1. The summed E-state index contributed by atoms with van der Waals surface area (Å²) in [6.07, 6.45) is -3.12. The number of rotatable bonds is 6. The van der Waals surface area contributed by atoms with E-state index in [4.69, 9.17) is 4.42 Å². The summed E-state index contributed by atoms with van der Waals surface area (Å²) in [5, 5.41) is 0.486. The first-order chi connectivity index (χ1) is 11.9. The van der Waals surface area contributed by atoms with E-state index in [0.29, 0.717) is 10.9 Å². The molecule has 9 heteroatoms. The van der Waals surface area contributed by atoms with Crippen LogP contribution in [0.25, 0.3) is 11.0 Å². The van der Waals surface area contributed by atoms with Crippen molar-refractivity contribution >= 4 is 28.7 Å². The Balaban J connectivity index is 1.66. The third kappa shape index (κ3) is 4.79. The van der Waals surface area contributed by atoms with Gasteiger partial charge in [0.2, 0.25) is 5.91 Å². The number of para-hydroxylation sites is 2. The Morgan fingerprint density at radius 3 is 2.72 bits per heavy atom. The molecule has 0 aliphatic heterocycles. The van der Waals surface area contributed by atoms with E-state index in [-0.39, 0.29) is 12.3 Å². The van der Waals surface area contributed by atoms with Gasteiger partial charge < -0.3 is 14.3 Å². The predicted molar refractivity (Wildman–Crippen MR) is 87.0 cm³/mol. The minimum atomic E-state index is -4.48. The molecular weight excluding hydrogens is 355 g/mol. The number of nitrogens with one attached hydrogen (secondary N) is 1. The van der Waals surface area contributed by atoms with E-state index >= 15 is 0 Å². The van der Waals surface area contributed by atoms with Crippen LogP contribution in [0.2, 0.25) is 0 Å². The highest BCUT2D eigenvalue weighted by atomic mass is 32.2. The number of carbonyl (C=O) groups excluding carboxylic acids is 1. The van der Waals surface area contributed by atoms with E-state index < -0.39 is 18.6 Å². The van der Waals surface area contributed by atoms with E-state index in [1.165, 1.54) is 12.3 Å². The number of fused-ring (bicyclic) bond motifs is 1. The van der Waals surface area contributed by atoms with Gasteiger partial charge in [-0.15, -0.1) is 0 Å². The Bertz CT molecular complexity index is 813. The van der Waals surface area contributed by atoms with Crippen LogP contribution in [0.3, 0.4) is 0 Å². The molecule has 0 aliphatic rings. The van der Waals surface area contributed by atoms with Gasteiger partial charge in [-0.25, -0.2) is 4.98 Å². The van der Waals surface area contributed by atoms with Crippen molar-refractivity contribution in [1.82, 2.24) is 14.9 Å². The molecule has 25 heavy (non-hydrogen) atoms. The summed E-state index contributed by atoms with van der Waals surface area (Å²) < 4.78 is 43.3. The van der Waals surface area contributed by atoms with E-state index in [9.17, 15) is 18.0 Å². The number of halogens is 3. The molecule has 1 amide bonds. The van der Waals surface area contributed by atoms with Crippen molar-refractivity contribution < 1.29 is 22.4 Å². The molecule has 1 aromatic carbocycles. The first kappa shape index (κ1) is 17.4. The lowest BCUT2D eigenvalue weighted by molar-refractivity contribution is -0.161. The zero-order valence-corrected chi connectivity index (χ0v) is 13.7. The molecule has 2 heterocycles. The minimum Gasteiger partial charge on any atom is -0.467 e. The number of imidazole rings is 1. The lowest BCUT2D eigenvalue weighted by Gasteiger charge is -2.22. The number of alkyl halides is 3. The maximum Gasteiger partial charge on any atom is 0.406 e. The molecule has 2 aromatic heterocycles. The second-order valence-corrected chi connectivity index (χ2v) is 6.26. The summed E-state index contributed by atoms with van der Waals surface area (Å²) in [7, 11) is 0. The van der Waals surface area contributed by atoms with Crippen LogP contribution < -0.4 is 0 Å². The van der Waals surface area contributed by atoms with Crippen LogP contribution in [-0.4, -0.2) is 39.2 Å². The summed E-state index contributed by atoms with van der Waals surface area (Å²) in [6.45, 7) is -1.56. The summed E-state index contributed by atoms with van der Waals surface area (Å²) in [4.78, 5) is 20.3. The van der Waals surface area contributed by atoms with Gasteiger partial charge in [-0.05, 0) is 24.3 Å². The minimum absolute atomic E-state index is 0.156. The number of furan rings is 1. The van der Waals surface area contributed by atoms with Crippen molar-refractivity contribution in [3.63, 3.8) is 0 Å². The van der Waals surface area contributed by atoms with Crippen LogP contribution in [0.5, 0.6) is 0 Å². The summed E-state index contributed by atoms with van der Waals surface area (Å²) >= 11 is 1.07. The molecule has 0 saturated heterocycles. The molecule has 132 valence electrons. The number of hydrogen-bond acceptors (Lipinski definition) is 4. The van der Waals surface area contributed by atoms with Crippen molar-refractivity contribution in [2.75, 3.05) is 12.3 Å². The van der Waals surface area contributed by atoms with Gasteiger partial charge in [0.25, 0.3) is 0 Å². The summed E-state index contributed by atoms with van der Waals surface area (Å²) in [5.41, 5.74) is 1.54. The van der Waals surface area contributed by atoms with Crippen LogP contribution in [-0.2, 0) is 11.3 Å². The highest BCUT2D eigenvalue weighted by molar-refractivity contribution is 7.99. The highest BCUT2D eigenvalue weighted by Crippen LogP contribution is 2.22. The van der Waals surface area contributed by atoms with Crippen molar-refractivity contribution in [3.8, 4) is 0 Å². The Hall–Kier alpha value is -2.42. The number of carbonyl (C=O) groups is 1. The van der Waals surface area contributed by atoms with Gasteiger partial charge in [0.1, 0.15) is 12.3 Å². The fourth-order valence-electron chi connectivity index (χ4n) is 2.26. The number of aromatic nitrogens is 2. The van der Waals surface area contributed by atoms with Crippen LogP contribution >= 0.6 is 11.8 Å². The molecule has 3 aromatic rings. The number of H-pyrrole nitrogens is 1. The Morgan fingerprint density at radius 2 is 2.04 bits per heavy atom. The molecular formula is C16H14F3N3O2S. The zero-order chi connectivity index (χ0) is 17.9. The van der Waals surface area contributed by atoms with Gasteiger partial charge >= 0.3 is 6.18 Å². The van der Waals surface area contributed by atoms with Crippen molar-refractivity contribution in [2.24, 2.45) is 0 Å². The summed E-state index contributed by atoms with van der Waals surface area (Å²) in [6, 6.07) is 10.4. The van der Waals surface area contributed by atoms with Crippen LogP contribution in [0.4, 0.5) is 13.2 Å². The smallest absolute Gasteiger partial charge is 0.406 e. The first-order valence-electron chi connectivity index (χ1n) is 7.35. The standard InChI is InChI=1S/C16H14F3N3O2S/c17-16(18,19)10-22(8-11-4-3-7-24-11)14(23)9-25-15-20-12-5-1-2-6-13(12)21-15/h1-7H,8-10H2,(H,20,21). The lowest BCUT2D eigenvalue weighted by Crippen LogP contribution is -2.39. The molecule has 0 bridgehead atoms. The molecule has 0 aliphatic carbocycles. The quantitative estimate of drug-likeness (QED) is 0.671. The maximum atomic E-state index is 12.7. The first-order valence-corrected chi connectivity index (χ1v) is 8.34. The second kappa shape index (κ2) is 7.22. The third-order valence-electron chi connectivity index (χ3n) is 3.35. The molecule has 0 unspecified atom stereocenters. The van der Waals surface area contributed by atoms with Crippen LogP contribution in [0.15, 0.2) is 52.2 Å². The van der Waals surface area contributed by atoms with Crippen LogP contribution in [0.1, 0.15) is 5.76 Å². The van der Waals surface area contributed by atoms with Gasteiger partial charge in [-0.2, -0.15) is 13.2 Å². The van der Waals surface area contributed by atoms with Gasteiger partial charge in [0.15, 0.2) is 5.16 Å². The van der Waals surface area contributed by atoms with Gasteiger partial charge in [0, 0.05) is 0 Å².